The van der Waals surface area contributed by atoms with Crippen molar-refractivity contribution in [1.82, 2.24) is 16.0 Å². The molecule has 0 spiro atoms. The molecule has 1 aliphatic heterocycles. The molecular formula is C30H34N4O5. The van der Waals surface area contributed by atoms with Crippen molar-refractivity contribution >= 4 is 41.2 Å². The van der Waals surface area contributed by atoms with Crippen molar-refractivity contribution in [2.24, 2.45) is 17.8 Å². The van der Waals surface area contributed by atoms with Gasteiger partial charge in [-0.2, -0.15) is 0 Å². The van der Waals surface area contributed by atoms with E-state index >= 15 is 0 Å². The molecule has 0 aromatic heterocycles. The lowest BCUT2D eigenvalue weighted by Gasteiger charge is -2.27. The van der Waals surface area contributed by atoms with Crippen molar-refractivity contribution in [2.75, 3.05) is 5.73 Å². The molecule has 39 heavy (non-hydrogen) atoms. The van der Waals surface area contributed by atoms with Crippen molar-refractivity contribution < 1.29 is 24.0 Å². The van der Waals surface area contributed by atoms with Crippen LogP contribution in [0, 0.1) is 17.8 Å². The molecule has 9 heteroatoms. The molecule has 1 saturated carbocycles. The third-order valence-corrected chi connectivity index (χ3v) is 7.51. The van der Waals surface area contributed by atoms with Gasteiger partial charge in [-0.25, -0.2) is 0 Å². The number of amides is 4. The number of benzene rings is 2. The van der Waals surface area contributed by atoms with Crippen LogP contribution in [0.2, 0.25) is 0 Å². The van der Waals surface area contributed by atoms with Crippen LogP contribution in [0.3, 0.4) is 0 Å². The molecule has 4 rings (SSSR count). The van der Waals surface area contributed by atoms with Crippen LogP contribution in [0.1, 0.15) is 56.2 Å². The summed E-state index contributed by atoms with van der Waals surface area (Å²) in [5, 5.41) is 7.98. The highest BCUT2D eigenvalue weighted by molar-refractivity contribution is 6.16. The lowest BCUT2D eigenvalue weighted by molar-refractivity contribution is -0.137. The number of nitrogens with one attached hydrogen (secondary N) is 3. The number of ketones is 1. The second-order valence-corrected chi connectivity index (χ2v) is 10.3. The first-order chi connectivity index (χ1) is 18.7. The van der Waals surface area contributed by atoms with Gasteiger partial charge < -0.3 is 16.4 Å². The van der Waals surface area contributed by atoms with E-state index < -0.39 is 47.4 Å². The number of nitrogen functional groups attached to an aromatic ring is 1. The normalized spacial score (nSPS) is 20.9. The average Bonchev–Trinajstić information content (AvgIpc) is 3.54. The van der Waals surface area contributed by atoms with Gasteiger partial charge in [-0.15, -0.1) is 0 Å². The fourth-order valence-electron chi connectivity index (χ4n) is 5.33. The van der Waals surface area contributed by atoms with Crippen LogP contribution >= 0.6 is 0 Å². The highest BCUT2D eigenvalue weighted by atomic mass is 16.2. The van der Waals surface area contributed by atoms with E-state index in [1.165, 1.54) is 6.08 Å². The number of carbonyl (C=O) groups excluding carboxylic acids is 5. The van der Waals surface area contributed by atoms with Gasteiger partial charge in [0.1, 0.15) is 5.92 Å². The van der Waals surface area contributed by atoms with Gasteiger partial charge in [-0.3, -0.25) is 29.3 Å². The molecule has 0 radical (unpaired) electrons. The smallest absolute Gasteiger partial charge is 0.244 e. The summed E-state index contributed by atoms with van der Waals surface area (Å²) in [6.07, 6.45) is 6.30. The van der Waals surface area contributed by atoms with Crippen molar-refractivity contribution in [1.29, 1.82) is 0 Å². The molecule has 0 bridgehead atoms. The first-order valence-electron chi connectivity index (χ1n) is 13.3. The van der Waals surface area contributed by atoms with Gasteiger partial charge in [0.2, 0.25) is 23.6 Å². The number of nitrogens with two attached hydrogens (primary N) is 1. The maximum atomic E-state index is 13.5. The molecule has 2 aromatic rings. The molecule has 1 saturated heterocycles. The minimum atomic E-state index is -1.12. The van der Waals surface area contributed by atoms with Gasteiger partial charge in [0, 0.05) is 11.8 Å². The fraction of sp³-hybridized carbons (Fsp3) is 0.367. The molecule has 1 aliphatic carbocycles. The Morgan fingerprint density at radius 3 is 2.26 bits per heavy atom. The van der Waals surface area contributed by atoms with Crippen LogP contribution in [0.4, 0.5) is 5.69 Å². The maximum Gasteiger partial charge on any atom is 0.244 e. The second-order valence-electron chi connectivity index (χ2n) is 10.3. The highest BCUT2D eigenvalue weighted by Gasteiger charge is 2.47. The number of imide groups is 1. The first-order valence-corrected chi connectivity index (χ1v) is 13.3. The zero-order valence-corrected chi connectivity index (χ0v) is 21.9. The van der Waals surface area contributed by atoms with Crippen LogP contribution in [0.5, 0.6) is 0 Å². The summed E-state index contributed by atoms with van der Waals surface area (Å²) >= 11 is 0. The number of rotatable bonds is 10. The number of anilines is 1. The summed E-state index contributed by atoms with van der Waals surface area (Å²) in [7, 11) is 0. The zero-order valence-electron chi connectivity index (χ0n) is 21.9. The standard InChI is InChI=1S/C30H34N4O5/c1-18-26(30(39)34-29(18)38)28(37)27(21-9-5-6-10-21)33-25(36)17-23(20-7-3-2-4-8-20)32-24(35)16-13-19-11-14-22(31)15-12-19/h2-4,7-8,11-16,18,21,23,26-27H,5-6,9-10,17,31H2,1H3,(H,32,35)(H,33,36)(H,34,38,39)/b16-13+/t18-,23-,26+,27-/m0/s1. The van der Waals surface area contributed by atoms with E-state index in [0.717, 1.165) is 36.8 Å². The summed E-state index contributed by atoms with van der Waals surface area (Å²) in [5.74, 6) is -4.34. The molecule has 2 aromatic carbocycles. The minimum absolute atomic E-state index is 0.104. The number of hydrogen-bond donors (Lipinski definition) is 4. The molecule has 9 nitrogen and oxygen atoms in total. The monoisotopic (exact) mass is 530 g/mol. The molecular weight excluding hydrogens is 496 g/mol. The predicted molar refractivity (Wildman–Crippen MR) is 147 cm³/mol. The molecule has 4 amide bonds. The van der Waals surface area contributed by atoms with Crippen LogP contribution in [-0.4, -0.2) is 35.5 Å². The minimum Gasteiger partial charge on any atom is -0.399 e. The van der Waals surface area contributed by atoms with E-state index in [2.05, 4.69) is 16.0 Å². The molecule has 4 atom stereocenters. The van der Waals surface area contributed by atoms with Gasteiger partial charge in [-0.05, 0) is 48.1 Å². The summed E-state index contributed by atoms with van der Waals surface area (Å²) in [4.78, 5) is 64.0. The topological polar surface area (TPSA) is 147 Å². The van der Waals surface area contributed by atoms with Gasteiger partial charge in [0.25, 0.3) is 0 Å². The third kappa shape index (κ3) is 6.98. The maximum absolute atomic E-state index is 13.5. The Hall–Kier alpha value is -4.27. The van der Waals surface area contributed by atoms with E-state index in [0.29, 0.717) is 5.69 Å². The number of Topliss-reactive ketones (excluding diaryl/α,β-unsaturated/α-hetero) is 1. The van der Waals surface area contributed by atoms with Crippen molar-refractivity contribution in [2.45, 2.75) is 51.1 Å². The summed E-state index contributed by atoms with van der Waals surface area (Å²) < 4.78 is 0. The van der Waals surface area contributed by atoms with Crippen molar-refractivity contribution in [3.8, 4) is 0 Å². The summed E-state index contributed by atoms with van der Waals surface area (Å²) in [5.41, 5.74) is 7.87. The van der Waals surface area contributed by atoms with Crippen molar-refractivity contribution in [3.05, 3.63) is 71.8 Å². The quantitative estimate of drug-likeness (QED) is 0.161. The Kier molecular flexibility index (Phi) is 8.91. The Labute approximate surface area is 227 Å². The molecule has 1 heterocycles. The lowest BCUT2D eigenvalue weighted by Crippen LogP contribution is -2.50. The predicted octanol–water partition coefficient (Wildman–Crippen LogP) is 2.68. The number of hydrogen-bond acceptors (Lipinski definition) is 6. The van der Waals surface area contributed by atoms with E-state index in [4.69, 9.17) is 5.73 Å². The fourth-order valence-corrected chi connectivity index (χ4v) is 5.33. The zero-order chi connectivity index (χ0) is 27.9. The van der Waals surface area contributed by atoms with E-state index in [-0.39, 0.29) is 18.2 Å². The molecule has 204 valence electrons. The van der Waals surface area contributed by atoms with E-state index in [1.807, 2.05) is 30.3 Å². The highest BCUT2D eigenvalue weighted by Crippen LogP contribution is 2.32. The average molecular weight is 531 g/mol. The molecule has 2 fully saturated rings. The van der Waals surface area contributed by atoms with E-state index in [9.17, 15) is 24.0 Å². The molecule has 2 aliphatic rings. The van der Waals surface area contributed by atoms with Crippen LogP contribution in [0.15, 0.2) is 60.7 Å². The molecule has 0 unspecified atom stereocenters. The Morgan fingerprint density at radius 2 is 1.64 bits per heavy atom. The molecule has 5 N–H and O–H groups in total. The first kappa shape index (κ1) is 27.8. The third-order valence-electron chi connectivity index (χ3n) is 7.51. The van der Waals surface area contributed by atoms with Gasteiger partial charge >= 0.3 is 0 Å². The van der Waals surface area contributed by atoms with Crippen LogP contribution in [-0.2, 0) is 24.0 Å². The van der Waals surface area contributed by atoms with Crippen LogP contribution in [0.25, 0.3) is 6.08 Å². The van der Waals surface area contributed by atoms with Crippen LogP contribution < -0.4 is 21.7 Å². The van der Waals surface area contributed by atoms with Gasteiger partial charge in [0.05, 0.1) is 24.4 Å². The SMILES string of the molecule is C[C@@H]1C(=O)NC(=O)[C@H]1C(=O)[C@@H](NC(=O)C[C@H](NC(=O)/C=C/c1ccc(N)cc1)c1ccccc1)C1CCCC1. The Morgan fingerprint density at radius 1 is 0.974 bits per heavy atom. The van der Waals surface area contributed by atoms with E-state index in [1.54, 1.807) is 37.3 Å². The summed E-state index contributed by atoms with van der Waals surface area (Å²) in [6.45, 7) is 1.55. The van der Waals surface area contributed by atoms with Crippen molar-refractivity contribution in [3.63, 3.8) is 0 Å². The second kappa shape index (κ2) is 12.5. The lowest BCUT2D eigenvalue weighted by atomic mass is 9.83. The number of carbonyl (C=O) groups is 5. The Balaban J connectivity index is 1.48. The summed E-state index contributed by atoms with van der Waals surface area (Å²) in [6, 6.07) is 14.7. The van der Waals surface area contributed by atoms with Gasteiger partial charge in [0.15, 0.2) is 5.78 Å². The van der Waals surface area contributed by atoms with Gasteiger partial charge in [-0.1, -0.05) is 62.2 Å². The largest absolute Gasteiger partial charge is 0.399 e. The Bertz CT molecular complexity index is 1250.